The maximum atomic E-state index is 11.9. The molecule has 3 rings (SSSR count). The predicted molar refractivity (Wildman–Crippen MR) is 112 cm³/mol. The van der Waals surface area contributed by atoms with Crippen molar-refractivity contribution in [3.63, 3.8) is 0 Å². The van der Waals surface area contributed by atoms with Crippen molar-refractivity contribution in [3.8, 4) is 0 Å². The number of esters is 1. The van der Waals surface area contributed by atoms with Crippen molar-refractivity contribution in [1.82, 2.24) is 9.97 Å². The van der Waals surface area contributed by atoms with E-state index in [1.54, 1.807) is 12.1 Å². The third-order valence-corrected chi connectivity index (χ3v) is 4.75. The van der Waals surface area contributed by atoms with Crippen LogP contribution in [0.4, 0.5) is 28.7 Å². The van der Waals surface area contributed by atoms with Crippen LogP contribution >= 0.6 is 0 Å². The van der Waals surface area contributed by atoms with E-state index in [2.05, 4.69) is 25.5 Å². The lowest BCUT2D eigenvalue weighted by atomic mass is 9.97. The number of amides is 1. The molecule has 0 aliphatic carbocycles. The average molecular weight is 398 g/mol. The lowest BCUT2D eigenvalue weighted by Gasteiger charge is -2.32. The van der Waals surface area contributed by atoms with Crippen LogP contribution < -0.4 is 21.3 Å². The van der Waals surface area contributed by atoms with Crippen LogP contribution in [-0.4, -0.2) is 41.5 Å². The van der Waals surface area contributed by atoms with Crippen LogP contribution in [0.1, 0.15) is 26.7 Å². The summed E-state index contributed by atoms with van der Waals surface area (Å²) in [5.41, 5.74) is 8.27. The summed E-state index contributed by atoms with van der Waals surface area (Å²) in [6, 6.07) is 7.25. The summed E-state index contributed by atoms with van der Waals surface area (Å²) in [4.78, 5) is 33.7. The molecule has 1 aromatic heterocycles. The average Bonchev–Trinajstić information content (AvgIpc) is 2.71. The summed E-state index contributed by atoms with van der Waals surface area (Å²) in [7, 11) is 0. The number of rotatable bonds is 6. The second-order valence-corrected chi connectivity index (χ2v) is 6.86. The maximum Gasteiger partial charge on any atom is 0.309 e. The van der Waals surface area contributed by atoms with E-state index < -0.39 is 0 Å². The van der Waals surface area contributed by atoms with Crippen molar-refractivity contribution >= 4 is 40.6 Å². The third-order valence-electron chi connectivity index (χ3n) is 4.75. The Labute approximate surface area is 169 Å². The molecule has 0 atom stereocenters. The van der Waals surface area contributed by atoms with Crippen molar-refractivity contribution in [3.05, 3.63) is 30.6 Å². The Morgan fingerprint density at radius 1 is 1.17 bits per heavy atom. The number of ether oxygens (including phenoxy) is 1. The minimum absolute atomic E-state index is 0.0750. The van der Waals surface area contributed by atoms with Crippen LogP contribution in [0.15, 0.2) is 30.6 Å². The Morgan fingerprint density at radius 2 is 1.83 bits per heavy atom. The molecule has 0 unspecified atom stereocenters. The Hall–Kier alpha value is -3.36. The molecule has 1 aromatic carbocycles. The number of hydrogen-bond donors (Lipinski definition) is 3. The van der Waals surface area contributed by atoms with Crippen molar-refractivity contribution in [1.29, 1.82) is 0 Å². The topological polar surface area (TPSA) is 122 Å². The zero-order chi connectivity index (χ0) is 20.8. The minimum atomic E-state index is -0.132. The zero-order valence-corrected chi connectivity index (χ0v) is 16.6. The molecule has 4 N–H and O–H groups in total. The van der Waals surface area contributed by atoms with E-state index in [4.69, 9.17) is 10.5 Å². The number of nitrogens with one attached hydrogen (secondary N) is 2. The van der Waals surface area contributed by atoms with E-state index in [1.807, 2.05) is 19.1 Å². The van der Waals surface area contributed by atoms with Gasteiger partial charge in [-0.15, -0.1) is 0 Å². The van der Waals surface area contributed by atoms with Crippen LogP contribution in [-0.2, 0) is 14.3 Å². The van der Waals surface area contributed by atoms with Gasteiger partial charge >= 0.3 is 5.97 Å². The molecule has 2 heterocycles. The summed E-state index contributed by atoms with van der Waals surface area (Å²) in [6.45, 7) is 5.03. The molecule has 1 aliphatic rings. The largest absolute Gasteiger partial charge is 0.466 e. The first kappa shape index (κ1) is 20.4. The molecule has 0 saturated carbocycles. The molecular weight excluding hydrogens is 372 g/mol. The summed E-state index contributed by atoms with van der Waals surface area (Å²) >= 11 is 0. The number of anilines is 5. The summed E-state index contributed by atoms with van der Waals surface area (Å²) < 4.78 is 5.12. The zero-order valence-electron chi connectivity index (χ0n) is 16.6. The Bertz CT molecular complexity index is 863. The number of carbonyl (C=O) groups excluding carboxylic acids is 2. The van der Waals surface area contributed by atoms with Crippen molar-refractivity contribution in [2.75, 3.05) is 41.0 Å². The fraction of sp³-hybridized carbons (Fsp3) is 0.400. The van der Waals surface area contributed by atoms with Crippen molar-refractivity contribution in [2.45, 2.75) is 26.7 Å². The highest BCUT2D eigenvalue weighted by Gasteiger charge is 2.27. The second-order valence-electron chi connectivity index (χ2n) is 6.86. The molecule has 9 nitrogen and oxygen atoms in total. The smallest absolute Gasteiger partial charge is 0.309 e. The van der Waals surface area contributed by atoms with Crippen molar-refractivity contribution < 1.29 is 14.3 Å². The number of carbonyl (C=O) groups is 2. The molecule has 9 heteroatoms. The monoisotopic (exact) mass is 398 g/mol. The van der Waals surface area contributed by atoms with Gasteiger partial charge in [0.15, 0.2) is 11.6 Å². The molecule has 0 spiro atoms. The molecule has 29 heavy (non-hydrogen) atoms. The minimum Gasteiger partial charge on any atom is -0.466 e. The Kier molecular flexibility index (Phi) is 6.48. The molecule has 1 amide bonds. The number of hydrogen-bond acceptors (Lipinski definition) is 8. The number of benzene rings is 1. The summed E-state index contributed by atoms with van der Waals surface area (Å²) in [5.74, 6) is 0.832. The normalized spacial score (nSPS) is 14.3. The SMILES string of the molecule is CCOC(=O)C1CCN(c2ncnc(Nc3ccc(NC(C)=O)cc3)c2N)CC1. The van der Waals surface area contributed by atoms with E-state index in [1.165, 1.54) is 13.3 Å². The van der Waals surface area contributed by atoms with Crippen molar-refractivity contribution in [2.24, 2.45) is 5.92 Å². The van der Waals surface area contributed by atoms with E-state index in [0.717, 1.165) is 5.69 Å². The fourth-order valence-electron chi connectivity index (χ4n) is 3.30. The van der Waals surface area contributed by atoms with Gasteiger partial charge in [0.2, 0.25) is 5.91 Å². The molecule has 1 saturated heterocycles. The predicted octanol–water partition coefficient (Wildman–Crippen LogP) is 2.54. The highest BCUT2D eigenvalue weighted by atomic mass is 16.5. The van der Waals surface area contributed by atoms with Gasteiger partial charge in [0.25, 0.3) is 0 Å². The summed E-state index contributed by atoms with van der Waals surface area (Å²) in [6.07, 6.45) is 2.88. The van der Waals surface area contributed by atoms with Crippen LogP contribution in [0, 0.1) is 5.92 Å². The van der Waals surface area contributed by atoms with Gasteiger partial charge in [-0.2, -0.15) is 0 Å². The van der Waals surface area contributed by atoms with Crippen LogP contribution in [0.3, 0.4) is 0 Å². The highest BCUT2D eigenvalue weighted by molar-refractivity contribution is 5.89. The van der Waals surface area contributed by atoms with Gasteiger partial charge in [0, 0.05) is 31.4 Å². The number of nitrogen functional groups attached to an aromatic ring is 1. The molecule has 0 radical (unpaired) electrons. The lowest BCUT2D eigenvalue weighted by molar-refractivity contribution is -0.148. The van der Waals surface area contributed by atoms with Gasteiger partial charge in [-0.05, 0) is 44.0 Å². The Morgan fingerprint density at radius 3 is 2.45 bits per heavy atom. The van der Waals surface area contributed by atoms with Crippen LogP contribution in [0.25, 0.3) is 0 Å². The lowest BCUT2D eigenvalue weighted by Crippen LogP contribution is -2.37. The number of nitrogens with zero attached hydrogens (tertiary/aromatic N) is 3. The highest BCUT2D eigenvalue weighted by Crippen LogP contribution is 2.31. The van der Waals surface area contributed by atoms with E-state index >= 15 is 0 Å². The van der Waals surface area contributed by atoms with Crippen LogP contribution in [0.2, 0.25) is 0 Å². The molecule has 1 aliphatic heterocycles. The molecular formula is C20H26N6O3. The number of nitrogens with two attached hydrogens (primary N) is 1. The van der Waals surface area contributed by atoms with Gasteiger partial charge in [0.05, 0.1) is 12.5 Å². The van der Waals surface area contributed by atoms with E-state index in [9.17, 15) is 9.59 Å². The third kappa shape index (κ3) is 5.13. The number of aromatic nitrogens is 2. The molecule has 1 fully saturated rings. The first-order chi connectivity index (χ1) is 14.0. The summed E-state index contributed by atoms with van der Waals surface area (Å²) in [5, 5.41) is 5.91. The van der Waals surface area contributed by atoms with Gasteiger partial charge in [-0.25, -0.2) is 9.97 Å². The van der Waals surface area contributed by atoms with Gasteiger partial charge < -0.3 is 26.0 Å². The quantitative estimate of drug-likeness (QED) is 0.635. The first-order valence-corrected chi connectivity index (χ1v) is 9.64. The molecule has 2 aromatic rings. The fourth-order valence-corrected chi connectivity index (χ4v) is 3.30. The molecule has 0 bridgehead atoms. The number of piperidine rings is 1. The molecule has 154 valence electrons. The van der Waals surface area contributed by atoms with Gasteiger partial charge in [-0.3, -0.25) is 9.59 Å². The standard InChI is InChI=1S/C20H26N6O3/c1-3-29-20(28)14-8-10-26(11-9-14)19-17(21)18(22-12-23-19)25-16-6-4-15(5-7-16)24-13(2)27/h4-7,12,14H,3,8-11,21H2,1-2H3,(H,24,27)(H,22,23,25). The van der Waals surface area contributed by atoms with Gasteiger partial charge in [-0.1, -0.05) is 0 Å². The van der Waals surface area contributed by atoms with Crippen LogP contribution in [0.5, 0.6) is 0 Å². The Balaban J connectivity index is 1.67. The second kappa shape index (κ2) is 9.22. The van der Waals surface area contributed by atoms with Gasteiger partial charge in [0.1, 0.15) is 12.0 Å². The van der Waals surface area contributed by atoms with E-state index in [0.29, 0.717) is 55.5 Å². The first-order valence-electron chi connectivity index (χ1n) is 9.64. The maximum absolute atomic E-state index is 11.9. The van der Waals surface area contributed by atoms with E-state index in [-0.39, 0.29) is 17.8 Å².